The molecule has 1 fully saturated rings. The summed E-state index contributed by atoms with van der Waals surface area (Å²) in [4.78, 5) is 14.3. The highest BCUT2D eigenvalue weighted by Gasteiger charge is 2.30. The summed E-state index contributed by atoms with van der Waals surface area (Å²) in [6, 6.07) is 15.0. The number of nitrogens with two attached hydrogens (primary N) is 1. The van der Waals surface area contributed by atoms with Gasteiger partial charge in [-0.3, -0.25) is 4.79 Å². The van der Waals surface area contributed by atoms with Crippen LogP contribution in [0.25, 0.3) is 0 Å². The van der Waals surface area contributed by atoms with Gasteiger partial charge in [0.05, 0.1) is 13.2 Å². The Hall–Kier alpha value is -1.95. The van der Waals surface area contributed by atoms with Crippen LogP contribution in [0.2, 0.25) is 0 Å². The summed E-state index contributed by atoms with van der Waals surface area (Å²) in [5, 5.41) is 0. The standard InChI is InChI=1S/C18H19FN2O2.ClH/c19-15-9-5-4-8-14(15)16-12-21(10-11-23-16)18(22)17(20)13-6-2-1-3-7-13;/h1-9,16-17H,10-12,20H2;1H. The smallest absolute Gasteiger partial charge is 0.244 e. The van der Waals surface area contributed by atoms with Crippen LogP contribution in [0.15, 0.2) is 54.6 Å². The van der Waals surface area contributed by atoms with Crippen LogP contribution in [-0.2, 0) is 9.53 Å². The fourth-order valence-corrected chi connectivity index (χ4v) is 2.77. The van der Waals surface area contributed by atoms with Crippen molar-refractivity contribution in [2.45, 2.75) is 12.1 Å². The number of carbonyl (C=O) groups excluding carboxylic acids is 1. The molecule has 128 valence electrons. The number of amides is 1. The minimum atomic E-state index is -0.712. The van der Waals surface area contributed by atoms with Crippen LogP contribution in [0.5, 0.6) is 0 Å². The van der Waals surface area contributed by atoms with E-state index in [0.717, 1.165) is 5.56 Å². The number of carbonyl (C=O) groups is 1. The van der Waals surface area contributed by atoms with Gasteiger partial charge in [-0.1, -0.05) is 48.5 Å². The largest absolute Gasteiger partial charge is 0.370 e. The van der Waals surface area contributed by atoms with E-state index in [-0.39, 0.29) is 24.1 Å². The Kier molecular flexibility index (Phi) is 6.31. The SMILES string of the molecule is Cl.NC(C(=O)N1CCOC(c2ccccc2F)C1)c1ccccc1. The van der Waals surface area contributed by atoms with Gasteiger partial charge in [0.15, 0.2) is 0 Å². The van der Waals surface area contributed by atoms with Crippen LogP contribution in [0.1, 0.15) is 23.3 Å². The first-order valence-electron chi connectivity index (χ1n) is 7.62. The van der Waals surface area contributed by atoms with E-state index in [1.807, 2.05) is 30.3 Å². The molecular weight excluding hydrogens is 331 g/mol. The van der Waals surface area contributed by atoms with E-state index in [2.05, 4.69) is 0 Å². The van der Waals surface area contributed by atoms with Crippen LogP contribution in [-0.4, -0.2) is 30.5 Å². The highest BCUT2D eigenvalue weighted by molar-refractivity contribution is 5.85. The molecule has 2 aromatic rings. The Bertz CT molecular complexity index is 684. The molecule has 0 aromatic heterocycles. The second kappa shape index (κ2) is 8.24. The number of ether oxygens (including phenoxy) is 1. The molecule has 3 rings (SSSR count). The molecule has 2 N–H and O–H groups in total. The van der Waals surface area contributed by atoms with Crippen molar-refractivity contribution in [3.05, 3.63) is 71.5 Å². The van der Waals surface area contributed by atoms with Crippen molar-refractivity contribution < 1.29 is 13.9 Å². The maximum absolute atomic E-state index is 13.9. The zero-order valence-corrected chi connectivity index (χ0v) is 13.9. The van der Waals surface area contributed by atoms with Crippen molar-refractivity contribution in [2.24, 2.45) is 5.73 Å². The topological polar surface area (TPSA) is 55.6 Å². The lowest BCUT2D eigenvalue weighted by molar-refractivity contribution is -0.140. The monoisotopic (exact) mass is 350 g/mol. The second-order valence-corrected chi connectivity index (χ2v) is 5.55. The van der Waals surface area contributed by atoms with Crippen LogP contribution < -0.4 is 5.73 Å². The molecule has 1 aliphatic rings. The predicted octanol–water partition coefficient (Wildman–Crippen LogP) is 2.85. The third-order valence-corrected chi connectivity index (χ3v) is 4.05. The van der Waals surface area contributed by atoms with E-state index in [0.29, 0.717) is 25.3 Å². The maximum atomic E-state index is 13.9. The molecule has 0 saturated carbocycles. The first kappa shape index (κ1) is 18.4. The van der Waals surface area contributed by atoms with Crippen LogP contribution in [0.4, 0.5) is 4.39 Å². The quantitative estimate of drug-likeness (QED) is 0.926. The minimum Gasteiger partial charge on any atom is -0.370 e. The summed E-state index contributed by atoms with van der Waals surface area (Å²) in [5.41, 5.74) is 7.32. The lowest BCUT2D eigenvalue weighted by atomic mass is 10.0. The molecule has 0 aliphatic carbocycles. The van der Waals surface area contributed by atoms with E-state index >= 15 is 0 Å². The highest BCUT2D eigenvalue weighted by Crippen LogP contribution is 2.26. The lowest BCUT2D eigenvalue weighted by Gasteiger charge is -2.34. The molecule has 1 saturated heterocycles. The van der Waals surface area contributed by atoms with Gasteiger partial charge in [-0.25, -0.2) is 4.39 Å². The molecular formula is C18H20ClFN2O2. The molecule has 2 atom stereocenters. The molecule has 2 unspecified atom stereocenters. The van der Waals surface area contributed by atoms with Crippen molar-refractivity contribution in [1.82, 2.24) is 4.90 Å². The molecule has 0 radical (unpaired) electrons. The Labute approximate surface area is 146 Å². The Morgan fingerprint density at radius 3 is 2.54 bits per heavy atom. The van der Waals surface area contributed by atoms with E-state index < -0.39 is 12.1 Å². The highest BCUT2D eigenvalue weighted by atomic mass is 35.5. The van der Waals surface area contributed by atoms with E-state index in [9.17, 15) is 9.18 Å². The van der Waals surface area contributed by atoms with Gasteiger partial charge in [0.25, 0.3) is 0 Å². The van der Waals surface area contributed by atoms with Crippen molar-refractivity contribution in [2.75, 3.05) is 19.7 Å². The molecule has 6 heteroatoms. The first-order chi connectivity index (χ1) is 11.2. The number of hydrogen-bond donors (Lipinski definition) is 1. The first-order valence-corrected chi connectivity index (χ1v) is 7.62. The van der Waals surface area contributed by atoms with Crippen molar-refractivity contribution in [1.29, 1.82) is 0 Å². The normalized spacial score (nSPS) is 18.6. The van der Waals surface area contributed by atoms with Crippen molar-refractivity contribution in [3.8, 4) is 0 Å². The van der Waals surface area contributed by atoms with Gasteiger partial charge in [0, 0.05) is 12.1 Å². The summed E-state index contributed by atoms with van der Waals surface area (Å²) in [5.74, 6) is -0.486. The zero-order chi connectivity index (χ0) is 16.2. The molecule has 4 nitrogen and oxygen atoms in total. The Morgan fingerprint density at radius 1 is 1.17 bits per heavy atom. The van der Waals surface area contributed by atoms with Crippen molar-refractivity contribution in [3.63, 3.8) is 0 Å². The van der Waals surface area contributed by atoms with Gasteiger partial charge in [-0.05, 0) is 11.6 Å². The van der Waals surface area contributed by atoms with Gasteiger partial charge in [0.2, 0.25) is 5.91 Å². The van der Waals surface area contributed by atoms with Crippen LogP contribution in [0, 0.1) is 5.82 Å². The minimum absolute atomic E-state index is 0. The molecule has 24 heavy (non-hydrogen) atoms. The fraction of sp³-hybridized carbons (Fsp3) is 0.278. The summed E-state index contributed by atoms with van der Waals surface area (Å²) in [6.07, 6.45) is -0.461. The third-order valence-electron chi connectivity index (χ3n) is 4.05. The zero-order valence-electron chi connectivity index (χ0n) is 13.1. The molecule has 1 amide bonds. The van der Waals surface area contributed by atoms with E-state index in [4.69, 9.17) is 10.5 Å². The Morgan fingerprint density at radius 2 is 1.83 bits per heavy atom. The number of halogens is 2. The van der Waals surface area contributed by atoms with Gasteiger partial charge in [0.1, 0.15) is 18.0 Å². The summed E-state index contributed by atoms with van der Waals surface area (Å²) >= 11 is 0. The van der Waals surface area contributed by atoms with Gasteiger partial charge in [-0.2, -0.15) is 0 Å². The van der Waals surface area contributed by atoms with Crippen LogP contribution >= 0.6 is 12.4 Å². The Balaban J connectivity index is 0.00000208. The fourth-order valence-electron chi connectivity index (χ4n) is 2.77. The van der Waals surface area contributed by atoms with Gasteiger partial charge in [-0.15, -0.1) is 12.4 Å². The maximum Gasteiger partial charge on any atom is 0.244 e. The molecule has 0 spiro atoms. The van der Waals surface area contributed by atoms with Crippen molar-refractivity contribution >= 4 is 18.3 Å². The summed E-state index contributed by atoms with van der Waals surface area (Å²) in [7, 11) is 0. The molecule has 1 heterocycles. The van der Waals surface area contributed by atoms with E-state index in [1.54, 1.807) is 23.1 Å². The predicted molar refractivity (Wildman–Crippen MR) is 92.3 cm³/mol. The summed E-state index contributed by atoms with van der Waals surface area (Å²) < 4.78 is 19.6. The number of morpholine rings is 1. The summed E-state index contributed by atoms with van der Waals surface area (Å²) in [6.45, 7) is 1.14. The molecule has 1 aliphatic heterocycles. The van der Waals surface area contributed by atoms with E-state index in [1.165, 1.54) is 6.07 Å². The number of rotatable bonds is 3. The second-order valence-electron chi connectivity index (χ2n) is 5.55. The van der Waals surface area contributed by atoms with Gasteiger partial charge >= 0.3 is 0 Å². The lowest BCUT2D eigenvalue weighted by Crippen LogP contribution is -2.46. The third kappa shape index (κ3) is 3.93. The molecule has 2 aromatic carbocycles. The molecule has 0 bridgehead atoms. The average Bonchev–Trinajstić information content (AvgIpc) is 2.62. The average molecular weight is 351 g/mol. The number of hydrogen-bond acceptors (Lipinski definition) is 3. The number of nitrogens with zero attached hydrogens (tertiary/aromatic N) is 1. The van der Waals surface area contributed by atoms with Gasteiger partial charge < -0.3 is 15.4 Å². The number of benzene rings is 2. The van der Waals surface area contributed by atoms with Crippen LogP contribution in [0.3, 0.4) is 0 Å².